The fraction of sp³-hybridized carbons (Fsp3) is 0.424. The molecule has 2 aromatic heterocycles. The Morgan fingerprint density at radius 3 is 1.53 bits per heavy atom. The second-order valence-corrected chi connectivity index (χ2v) is 15.8. The molecule has 12 heteroatoms. The molecule has 0 aliphatic rings. The summed E-state index contributed by atoms with van der Waals surface area (Å²) in [5, 5.41) is 11.9. The number of hydrogen-bond donors (Lipinski definition) is 1. The third-order valence-electron chi connectivity index (χ3n) is 4.58. The summed E-state index contributed by atoms with van der Waals surface area (Å²) >= 11 is 13.6. The molecule has 8 nitrogen and oxygen atoms in total. The van der Waals surface area contributed by atoms with E-state index >= 15 is 0 Å². The Hall–Kier alpha value is -1.72. The Morgan fingerprint density at radius 1 is 0.778 bits per heavy atom. The number of aromatic nitrogens is 2. The van der Waals surface area contributed by atoms with Crippen LogP contribution < -0.4 is 0 Å². The van der Waals surface area contributed by atoms with E-state index in [0.717, 1.165) is 27.4 Å². The molecule has 0 saturated carbocycles. The van der Waals surface area contributed by atoms with Gasteiger partial charge in [-0.05, 0) is 89.6 Å². The molecule has 0 aliphatic heterocycles. The van der Waals surface area contributed by atoms with E-state index in [0.29, 0.717) is 19.9 Å². The van der Waals surface area contributed by atoms with Gasteiger partial charge in [-0.25, -0.2) is 4.79 Å². The number of rotatable bonds is 2. The van der Waals surface area contributed by atoms with Crippen LogP contribution in [0, 0.1) is 0 Å². The number of carbonyl (C=O) groups is 1. The second kappa shape index (κ2) is 21.2. The molecule has 0 amide bonds. The smallest absolute Gasteiger partial charge is 0.337 e. The normalized spacial score (nSPS) is 10.6. The first-order valence-electron chi connectivity index (χ1n) is 13.5. The van der Waals surface area contributed by atoms with Gasteiger partial charge in [0.2, 0.25) is 0 Å². The molecule has 0 fully saturated rings. The summed E-state index contributed by atoms with van der Waals surface area (Å²) < 4.78 is 10.8. The Labute approximate surface area is 298 Å². The van der Waals surface area contributed by atoms with Gasteiger partial charge in [0.15, 0.2) is 16.3 Å². The molecule has 2 aromatic carbocycles. The van der Waals surface area contributed by atoms with Gasteiger partial charge < -0.3 is 25.5 Å². The van der Waals surface area contributed by atoms with E-state index < -0.39 is 0 Å². The summed E-state index contributed by atoms with van der Waals surface area (Å²) in [6.45, 7) is 19.0. The van der Waals surface area contributed by atoms with Crippen LogP contribution in [0.5, 0.6) is 0 Å². The molecular weight excluding hydrogens is 625 g/mol. The van der Waals surface area contributed by atoms with E-state index in [2.05, 4.69) is 77.0 Å². The maximum absolute atomic E-state index is 11.3. The van der Waals surface area contributed by atoms with Crippen LogP contribution >= 0.6 is 23.2 Å². The standard InChI is InChI=1S/C11H8ClNO2.C10H8ClNO.C8H18O.C4H9.Al.Li.2H2O.H/c1-15-11(14)7-2-3-10-8(4-7)5-9(12)6-13-10;11-9-4-8-3-7(6-13)1-2-10(8)12-5-9;1-7(2,3)9-8(4,5)6;1-4(2)3;;;;;/h2-6H,1H3;1-5,13H,6H2;1-6H3;1-3H3;;;2*1H2;. The maximum Gasteiger partial charge on any atom is 0.337 e. The third kappa shape index (κ3) is 21.7. The average Bonchev–Trinajstić information content (AvgIpc) is 2.85. The Bertz CT molecular complexity index is 1440. The van der Waals surface area contributed by atoms with E-state index in [9.17, 15) is 4.79 Å². The number of fused-ring (bicyclic) bond motifs is 2. The van der Waals surface area contributed by atoms with Crippen molar-refractivity contribution in [3.8, 4) is 0 Å². The number of pyridine rings is 2. The molecule has 0 atom stereocenters. The summed E-state index contributed by atoms with van der Waals surface area (Å²) in [5.41, 5.74) is 3.02. The molecular formula is C33H48AlCl2LiN2O6. The predicted octanol–water partition coefficient (Wildman–Crippen LogP) is 6.73. The first kappa shape index (κ1) is 47.7. The first-order chi connectivity index (χ1) is 19.2. The summed E-state index contributed by atoms with van der Waals surface area (Å²) in [4.78, 5) is 19.5. The molecule has 5 N–H and O–H groups in total. The zero-order valence-corrected chi connectivity index (χ0v) is 31.4. The van der Waals surface area contributed by atoms with Crippen molar-refractivity contribution in [2.45, 2.75) is 84.4 Å². The van der Waals surface area contributed by atoms with Gasteiger partial charge in [0.25, 0.3) is 0 Å². The largest absolute Gasteiger partial charge is 0.465 e. The molecule has 4 aromatic rings. The molecule has 2 heterocycles. The van der Waals surface area contributed by atoms with Gasteiger partial charge in [-0.15, -0.1) is 0 Å². The number of aliphatic hydroxyl groups excluding tert-OH is 1. The number of halogens is 2. The molecule has 244 valence electrons. The number of benzene rings is 2. The minimum atomic E-state index is -0.364. The molecule has 0 spiro atoms. The quantitative estimate of drug-likeness (QED) is 0.185. The van der Waals surface area contributed by atoms with Gasteiger partial charge in [0.1, 0.15) is 0 Å². The van der Waals surface area contributed by atoms with Crippen molar-refractivity contribution in [2.24, 2.45) is 0 Å². The van der Waals surface area contributed by atoms with Crippen molar-refractivity contribution in [3.63, 3.8) is 0 Å². The van der Waals surface area contributed by atoms with Gasteiger partial charge in [0.05, 0.1) is 51.6 Å². The van der Waals surface area contributed by atoms with Crippen molar-refractivity contribution in [2.75, 3.05) is 7.11 Å². The fourth-order valence-corrected chi connectivity index (χ4v) is 3.85. The SMILES string of the molecule is CC(C)(C)OC(C)(C)C.COC(=O)c1ccc2ncc(Cl)cc2c1.C[C](C)(C)[AlH].O.O.OCc1ccc2ncc(Cl)cc2c1.[Li]. The number of ether oxygens (including phenoxy) is 2. The topological polar surface area (TPSA) is 145 Å². The molecule has 2 radical (unpaired) electrons. The number of aliphatic hydroxyl groups is 1. The summed E-state index contributed by atoms with van der Waals surface area (Å²) in [7, 11) is 1.35. The Kier molecular flexibility index (Phi) is 22.5. The van der Waals surface area contributed by atoms with E-state index in [4.69, 9.17) is 33.0 Å². The van der Waals surface area contributed by atoms with Crippen LogP contribution in [0.2, 0.25) is 14.3 Å². The Balaban J connectivity index is -0.000000543. The Morgan fingerprint density at radius 2 is 1.18 bits per heavy atom. The van der Waals surface area contributed by atoms with Crippen molar-refractivity contribution >= 4 is 86.1 Å². The van der Waals surface area contributed by atoms with Crippen LogP contribution in [0.3, 0.4) is 0 Å². The van der Waals surface area contributed by atoms with Crippen molar-refractivity contribution in [1.82, 2.24) is 9.97 Å². The molecule has 0 saturated heterocycles. The number of esters is 1. The van der Waals surface area contributed by atoms with Gasteiger partial charge in [-0.1, -0.05) is 54.3 Å². The van der Waals surface area contributed by atoms with Crippen molar-refractivity contribution in [3.05, 3.63) is 82.1 Å². The number of carbonyl (C=O) groups excluding carboxylic acids is 1. The van der Waals surface area contributed by atoms with Crippen LogP contribution in [0.4, 0.5) is 0 Å². The molecule has 0 aliphatic carbocycles. The summed E-state index contributed by atoms with van der Waals surface area (Å²) in [5.74, 6) is -0.364. The number of hydrogen-bond acceptors (Lipinski definition) is 6. The zero-order chi connectivity index (χ0) is 32.3. The van der Waals surface area contributed by atoms with E-state index in [-0.39, 0.29) is 53.6 Å². The molecule has 0 unspecified atom stereocenters. The maximum atomic E-state index is 11.3. The van der Waals surface area contributed by atoms with Crippen molar-refractivity contribution in [1.29, 1.82) is 0 Å². The van der Waals surface area contributed by atoms with Crippen LogP contribution in [0.1, 0.15) is 78.2 Å². The monoisotopic (exact) mass is 672 g/mol. The predicted molar refractivity (Wildman–Crippen MR) is 191 cm³/mol. The minimum Gasteiger partial charge on any atom is -0.465 e. The summed E-state index contributed by atoms with van der Waals surface area (Å²) in [6, 6.07) is 14.3. The van der Waals surface area contributed by atoms with Gasteiger partial charge in [-0.2, -0.15) is 0 Å². The van der Waals surface area contributed by atoms with E-state index in [1.165, 1.54) is 7.11 Å². The van der Waals surface area contributed by atoms with E-state index in [1.807, 2.05) is 40.6 Å². The first-order valence-corrected chi connectivity index (χ1v) is 15.0. The zero-order valence-electron chi connectivity index (χ0n) is 28.5. The average molecular weight is 674 g/mol. The van der Waals surface area contributed by atoms with Crippen LogP contribution in [0.15, 0.2) is 60.9 Å². The molecule has 45 heavy (non-hydrogen) atoms. The van der Waals surface area contributed by atoms with Crippen molar-refractivity contribution < 1.29 is 30.3 Å². The molecule has 0 bridgehead atoms. The fourth-order valence-electron chi connectivity index (χ4n) is 3.52. The number of nitrogens with zero attached hydrogens (tertiary/aromatic N) is 2. The van der Waals surface area contributed by atoms with Crippen LogP contribution in [-0.4, -0.2) is 85.5 Å². The second-order valence-electron chi connectivity index (χ2n) is 12.8. The van der Waals surface area contributed by atoms with Crippen LogP contribution in [-0.2, 0) is 16.1 Å². The van der Waals surface area contributed by atoms with Gasteiger partial charge in [-0.3, -0.25) is 9.97 Å². The third-order valence-corrected chi connectivity index (χ3v) is 4.99. The number of methoxy groups -OCH3 is 1. The van der Waals surface area contributed by atoms with E-state index in [1.54, 1.807) is 36.7 Å². The van der Waals surface area contributed by atoms with Gasteiger partial charge in [0, 0.05) is 42.0 Å². The summed E-state index contributed by atoms with van der Waals surface area (Å²) in [6.07, 6.45) is 3.18. The van der Waals surface area contributed by atoms with Crippen LogP contribution in [0.25, 0.3) is 21.8 Å². The minimum absolute atomic E-state index is 0. The molecule has 4 rings (SSSR count). The van der Waals surface area contributed by atoms with Gasteiger partial charge >= 0.3 is 5.97 Å².